The van der Waals surface area contributed by atoms with Crippen molar-refractivity contribution in [2.24, 2.45) is 0 Å². The van der Waals surface area contributed by atoms with Gasteiger partial charge in [-0.15, -0.1) is 0 Å². The number of hydrogen-bond acceptors (Lipinski definition) is 2. The predicted octanol–water partition coefficient (Wildman–Crippen LogP) is 8.25. The van der Waals surface area contributed by atoms with Gasteiger partial charge in [-0.1, -0.05) is 23.8 Å². The Bertz CT molecular complexity index is 1870. The lowest BCUT2D eigenvalue weighted by atomic mass is 9.98. The molecule has 6 aromatic rings. The summed E-state index contributed by atoms with van der Waals surface area (Å²) >= 11 is 0. The van der Waals surface area contributed by atoms with Crippen LogP contribution < -0.4 is 4.74 Å². The smallest absolute Gasteiger partial charge is 0.120 e. The lowest BCUT2D eigenvalue weighted by molar-refractivity contribution is 0.282. The van der Waals surface area contributed by atoms with Gasteiger partial charge in [-0.05, 0) is 106 Å². The molecular formula is C34H36N2O2. The fourth-order valence-electron chi connectivity index (χ4n) is 6.51. The zero-order valence-corrected chi connectivity index (χ0v) is 23.3. The van der Waals surface area contributed by atoms with Crippen molar-refractivity contribution in [3.05, 3.63) is 88.0 Å². The molecule has 0 bridgehead atoms. The Morgan fingerprint density at radius 1 is 0.711 bits per heavy atom. The Morgan fingerprint density at radius 2 is 1.39 bits per heavy atom. The van der Waals surface area contributed by atoms with Crippen LogP contribution in [0, 0.1) is 27.7 Å². The van der Waals surface area contributed by atoms with Crippen molar-refractivity contribution < 1.29 is 9.84 Å². The Morgan fingerprint density at radius 3 is 2.13 bits per heavy atom. The van der Waals surface area contributed by atoms with E-state index < -0.39 is 0 Å². The molecule has 38 heavy (non-hydrogen) atoms. The third-order valence-electron chi connectivity index (χ3n) is 8.23. The summed E-state index contributed by atoms with van der Waals surface area (Å²) < 4.78 is 11.3. The van der Waals surface area contributed by atoms with Gasteiger partial charge in [-0.25, -0.2) is 0 Å². The maximum Gasteiger partial charge on any atom is 0.120 e. The van der Waals surface area contributed by atoms with Crippen LogP contribution in [0.5, 0.6) is 5.75 Å². The summed E-state index contributed by atoms with van der Waals surface area (Å²) in [7, 11) is 0. The maximum absolute atomic E-state index is 9.81. The van der Waals surface area contributed by atoms with Gasteiger partial charge in [0.2, 0.25) is 0 Å². The maximum atomic E-state index is 9.81. The molecular weight excluding hydrogens is 468 g/mol. The van der Waals surface area contributed by atoms with Gasteiger partial charge in [0.15, 0.2) is 0 Å². The van der Waals surface area contributed by atoms with Crippen molar-refractivity contribution in [3.8, 4) is 5.75 Å². The summed E-state index contributed by atoms with van der Waals surface area (Å²) in [6.07, 6.45) is 0. The third kappa shape index (κ3) is 3.62. The molecule has 4 heteroatoms. The molecule has 2 aromatic heterocycles. The van der Waals surface area contributed by atoms with Gasteiger partial charge in [0, 0.05) is 45.7 Å². The van der Waals surface area contributed by atoms with Gasteiger partial charge < -0.3 is 19.0 Å². The number of hydrogen-bond donors (Lipinski definition) is 1. The number of benzene rings is 4. The van der Waals surface area contributed by atoms with Crippen LogP contribution in [-0.4, -0.2) is 14.2 Å². The molecule has 0 saturated heterocycles. The van der Waals surface area contributed by atoms with Gasteiger partial charge in [0.05, 0.1) is 17.6 Å². The van der Waals surface area contributed by atoms with Crippen molar-refractivity contribution >= 4 is 43.6 Å². The first kappa shape index (κ1) is 24.6. The first-order valence-corrected chi connectivity index (χ1v) is 13.7. The molecule has 4 aromatic carbocycles. The van der Waals surface area contributed by atoms with E-state index in [-0.39, 0.29) is 6.61 Å². The van der Waals surface area contributed by atoms with Crippen molar-refractivity contribution in [1.29, 1.82) is 0 Å². The Balaban J connectivity index is 1.44. The molecule has 4 nitrogen and oxygen atoms in total. The number of aryl methyl sites for hydroxylation is 6. The number of fused-ring (bicyclic) bond motifs is 6. The van der Waals surface area contributed by atoms with Crippen LogP contribution in [0.25, 0.3) is 43.6 Å². The zero-order chi connectivity index (χ0) is 26.7. The minimum Gasteiger partial charge on any atom is -0.489 e. The van der Waals surface area contributed by atoms with Gasteiger partial charge in [-0.2, -0.15) is 0 Å². The molecule has 0 aliphatic carbocycles. The molecule has 0 amide bonds. The summed E-state index contributed by atoms with van der Waals surface area (Å²) in [5.41, 5.74) is 12.3. The molecule has 1 N–H and O–H groups in total. The second-order valence-corrected chi connectivity index (χ2v) is 10.6. The molecule has 6 rings (SSSR count). The fraction of sp³-hybridized carbons (Fsp3) is 0.294. The number of ether oxygens (including phenoxy) is 1. The number of rotatable bonds is 6. The Hall–Kier alpha value is -3.76. The molecule has 0 spiro atoms. The Labute approximate surface area is 224 Å². The monoisotopic (exact) mass is 504 g/mol. The first-order valence-electron chi connectivity index (χ1n) is 13.7. The van der Waals surface area contributed by atoms with Gasteiger partial charge in [-0.3, -0.25) is 0 Å². The van der Waals surface area contributed by atoms with E-state index in [2.05, 4.69) is 105 Å². The molecule has 0 unspecified atom stereocenters. The van der Waals surface area contributed by atoms with Crippen LogP contribution in [0.3, 0.4) is 0 Å². The molecule has 0 atom stereocenters. The van der Waals surface area contributed by atoms with Crippen molar-refractivity contribution in [1.82, 2.24) is 9.13 Å². The summed E-state index contributed by atoms with van der Waals surface area (Å²) in [5, 5.41) is 14.8. The quantitative estimate of drug-likeness (QED) is 0.248. The van der Waals surface area contributed by atoms with Crippen molar-refractivity contribution in [2.75, 3.05) is 0 Å². The summed E-state index contributed by atoms with van der Waals surface area (Å²) in [6.45, 7) is 15.6. The third-order valence-corrected chi connectivity index (χ3v) is 8.23. The van der Waals surface area contributed by atoms with Crippen LogP contribution in [0.2, 0.25) is 0 Å². The molecule has 0 aliphatic rings. The number of aliphatic hydroxyl groups is 1. The molecule has 0 radical (unpaired) electrons. The molecule has 0 saturated carbocycles. The van der Waals surface area contributed by atoms with Gasteiger partial charge >= 0.3 is 0 Å². The van der Waals surface area contributed by atoms with E-state index in [0.29, 0.717) is 6.61 Å². The Kier molecular flexibility index (Phi) is 5.96. The highest BCUT2D eigenvalue weighted by Crippen LogP contribution is 2.37. The average molecular weight is 505 g/mol. The first-order chi connectivity index (χ1) is 18.4. The second kappa shape index (κ2) is 9.21. The number of nitrogens with zero attached hydrogens (tertiary/aromatic N) is 2. The summed E-state index contributed by atoms with van der Waals surface area (Å²) in [5.74, 6) is 0.865. The normalized spacial score (nSPS) is 12.0. The largest absolute Gasteiger partial charge is 0.489 e. The highest BCUT2D eigenvalue weighted by atomic mass is 16.5. The lowest BCUT2D eigenvalue weighted by Crippen LogP contribution is -2.01. The summed E-state index contributed by atoms with van der Waals surface area (Å²) in [6, 6.07) is 19.7. The SMILES string of the molecule is CCn1c2ccc(OCc3cc(C)c4c(c3C)c3cc(C)ccc3n4CC)cc2c2cc(CO)cc(C)c21. The molecule has 194 valence electrons. The van der Waals surface area contributed by atoms with Gasteiger partial charge in [0.25, 0.3) is 0 Å². The van der Waals surface area contributed by atoms with E-state index in [4.69, 9.17) is 4.74 Å². The zero-order valence-electron chi connectivity index (χ0n) is 23.3. The van der Waals surface area contributed by atoms with E-state index in [1.54, 1.807) is 0 Å². The van der Waals surface area contributed by atoms with Crippen LogP contribution >= 0.6 is 0 Å². The van der Waals surface area contributed by atoms with Crippen LogP contribution in [-0.2, 0) is 26.3 Å². The minimum atomic E-state index is 0.0425. The van der Waals surface area contributed by atoms with Crippen LogP contribution in [0.4, 0.5) is 0 Å². The van der Waals surface area contributed by atoms with E-state index in [0.717, 1.165) is 24.4 Å². The number of aromatic nitrogens is 2. The number of aliphatic hydroxyl groups excluding tert-OH is 1. The van der Waals surface area contributed by atoms with E-state index in [1.807, 2.05) is 0 Å². The van der Waals surface area contributed by atoms with E-state index in [9.17, 15) is 5.11 Å². The highest BCUT2D eigenvalue weighted by molar-refractivity contribution is 6.11. The standard InChI is InChI=1S/C34H36N2O2/c1-7-35-30-12-10-26(17-27(30)28-16-24(18-37)14-21(4)33(28)35)38-19-25-15-22(5)34-32(23(25)6)29-13-20(3)9-11-31(29)36(34)8-2/h9-17,37H,7-8,18-19H2,1-6H3. The van der Waals surface area contributed by atoms with Crippen molar-refractivity contribution in [3.63, 3.8) is 0 Å². The van der Waals surface area contributed by atoms with Crippen LogP contribution in [0.1, 0.15) is 47.2 Å². The fourth-order valence-corrected chi connectivity index (χ4v) is 6.51. The average Bonchev–Trinajstić information content (AvgIpc) is 3.42. The van der Waals surface area contributed by atoms with Crippen molar-refractivity contribution in [2.45, 2.75) is 67.8 Å². The van der Waals surface area contributed by atoms with Gasteiger partial charge in [0.1, 0.15) is 12.4 Å². The highest BCUT2D eigenvalue weighted by Gasteiger charge is 2.18. The topological polar surface area (TPSA) is 39.3 Å². The van der Waals surface area contributed by atoms with E-state index >= 15 is 0 Å². The lowest BCUT2D eigenvalue weighted by Gasteiger charge is -2.13. The molecule has 0 fully saturated rings. The van der Waals surface area contributed by atoms with E-state index in [1.165, 1.54) is 71.4 Å². The minimum absolute atomic E-state index is 0.0425. The molecule has 0 aliphatic heterocycles. The predicted molar refractivity (Wildman–Crippen MR) is 159 cm³/mol. The molecule has 2 heterocycles. The summed E-state index contributed by atoms with van der Waals surface area (Å²) in [4.78, 5) is 0. The second-order valence-electron chi connectivity index (χ2n) is 10.6. The van der Waals surface area contributed by atoms with Crippen LogP contribution in [0.15, 0.2) is 54.6 Å².